The van der Waals surface area contributed by atoms with Crippen molar-refractivity contribution in [2.24, 2.45) is 0 Å². The number of ether oxygens (including phenoxy) is 1. The normalized spacial score (nSPS) is 11.8. The quantitative estimate of drug-likeness (QED) is 0.363. The molecule has 156 valence electrons. The molecule has 0 heterocycles. The Morgan fingerprint density at radius 2 is 1.68 bits per heavy atom. The van der Waals surface area contributed by atoms with E-state index < -0.39 is 17.7 Å². The molecule has 0 saturated carbocycles. The largest absolute Gasteiger partial charge is 0.449 e. The van der Waals surface area contributed by atoms with E-state index in [0.717, 1.165) is 34.4 Å². The van der Waals surface area contributed by atoms with E-state index in [1.807, 2.05) is 24.3 Å². The first-order valence-corrected chi connectivity index (χ1v) is 9.87. The van der Waals surface area contributed by atoms with Gasteiger partial charge in [-0.2, -0.15) is 0 Å². The number of amides is 1. The lowest BCUT2D eigenvalue weighted by atomic mass is 9.98. The van der Waals surface area contributed by atoms with Crippen LogP contribution in [-0.2, 0) is 4.74 Å². The van der Waals surface area contributed by atoms with Gasteiger partial charge < -0.3 is 15.8 Å². The van der Waals surface area contributed by atoms with Gasteiger partial charge in [-0.15, -0.1) is 0 Å². The minimum atomic E-state index is -0.811. The van der Waals surface area contributed by atoms with Gasteiger partial charge in [-0.1, -0.05) is 60.4 Å². The van der Waals surface area contributed by atoms with Crippen LogP contribution in [0.2, 0.25) is 0 Å². The molecule has 0 unspecified atom stereocenters. The average molecular weight is 418 g/mol. The van der Waals surface area contributed by atoms with Gasteiger partial charge in [0.25, 0.3) is 0 Å². The minimum Gasteiger partial charge on any atom is -0.449 e. The first kappa shape index (κ1) is 20.4. The molecule has 1 amide bonds. The summed E-state index contributed by atoms with van der Waals surface area (Å²) in [6.07, 6.45) is -0.281. The maximum atomic E-state index is 13.7. The Kier molecular flexibility index (Phi) is 5.85. The molecule has 3 N–H and O–H groups in total. The van der Waals surface area contributed by atoms with Crippen molar-refractivity contribution < 1.29 is 18.3 Å². The SMILES string of the molecule is Nc1cc(F)cc(F)c1C#CCCNC(=O)OCC1c2ccccc2-c2ccccc21. The summed E-state index contributed by atoms with van der Waals surface area (Å²) in [7, 11) is 0. The van der Waals surface area contributed by atoms with Gasteiger partial charge in [-0.3, -0.25) is 0 Å². The van der Waals surface area contributed by atoms with E-state index in [2.05, 4.69) is 41.4 Å². The predicted molar refractivity (Wildman–Crippen MR) is 115 cm³/mol. The zero-order chi connectivity index (χ0) is 21.8. The van der Waals surface area contributed by atoms with Crippen LogP contribution in [0.4, 0.5) is 19.3 Å². The van der Waals surface area contributed by atoms with Gasteiger partial charge in [-0.25, -0.2) is 13.6 Å². The summed E-state index contributed by atoms with van der Waals surface area (Å²) in [6.45, 7) is 0.454. The molecule has 4 nitrogen and oxygen atoms in total. The van der Waals surface area contributed by atoms with E-state index in [1.54, 1.807) is 0 Å². The lowest BCUT2D eigenvalue weighted by Gasteiger charge is -2.14. The molecule has 6 heteroatoms. The molecule has 3 aromatic carbocycles. The summed E-state index contributed by atoms with van der Waals surface area (Å²) in [5.41, 5.74) is 10.1. The zero-order valence-electron chi connectivity index (χ0n) is 16.6. The molecule has 3 aromatic rings. The number of halogens is 2. The second kappa shape index (κ2) is 8.88. The van der Waals surface area contributed by atoms with Crippen molar-refractivity contribution in [3.05, 3.63) is 89.0 Å². The van der Waals surface area contributed by atoms with Crippen molar-refractivity contribution in [3.63, 3.8) is 0 Å². The monoisotopic (exact) mass is 418 g/mol. The van der Waals surface area contributed by atoms with Crippen molar-refractivity contribution >= 4 is 11.8 Å². The second-order valence-electron chi connectivity index (χ2n) is 7.16. The first-order valence-electron chi connectivity index (χ1n) is 9.87. The number of alkyl carbamates (subject to hydrolysis) is 1. The maximum absolute atomic E-state index is 13.7. The average Bonchev–Trinajstić information content (AvgIpc) is 3.07. The van der Waals surface area contributed by atoms with Crippen LogP contribution in [0.15, 0.2) is 60.7 Å². The summed E-state index contributed by atoms with van der Waals surface area (Å²) < 4.78 is 32.2. The molecule has 0 radical (unpaired) electrons. The fourth-order valence-electron chi connectivity index (χ4n) is 3.75. The van der Waals surface area contributed by atoms with Crippen LogP contribution >= 0.6 is 0 Å². The summed E-state index contributed by atoms with van der Waals surface area (Å²) in [4.78, 5) is 12.1. The highest BCUT2D eigenvalue weighted by Crippen LogP contribution is 2.44. The number of nitrogen functional groups attached to an aromatic ring is 1. The number of fused-ring (bicyclic) bond motifs is 3. The van der Waals surface area contributed by atoms with Gasteiger partial charge in [0.2, 0.25) is 0 Å². The molecule has 0 atom stereocenters. The van der Waals surface area contributed by atoms with Crippen molar-refractivity contribution in [3.8, 4) is 23.0 Å². The van der Waals surface area contributed by atoms with Crippen LogP contribution < -0.4 is 11.1 Å². The van der Waals surface area contributed by atoms with Gasteiger partial charge in [0.1, 0.15) is 18.2 Å². The number of rotatable bonds is 4. The molecule has 0 aromatic heterocycles. The van der Waals surface area contributed by atoms with E-state index in [1.165, 1.54) is 0 Å². The number of benzene rings is 3. The number of nitrogens with two attached hydrogens (primary N) is 1. The molecule has 1 aliphatic carbocycles. The number of nitrogens with one attached hydrogen (secondary N) is 1. The summed E-state index contributed by atoms with van der Waals surface area (Å²) >= 11 is 0. The van der Waals surface area contributed by atoms with Crippen LogP contribution in [0.3, 0.4) is 0 Å². The van der Waals surface area contributed by atoms with E-state index in [9.17, 15) is 13.6 Å². The van der Waals surface area contributed by atoms with E-state index >= 15 is 0 Å². The molecule has 0 aliphatic heterocycles. The lowest BCUT2D eigenvalue weighted by Crippen LogP contribution is -2.26. The Bertz CT molecular complexity index is 1130. The van der Waals surface area contributed by atoms with Crippen LogP contribution in [0.25, 0.3) is 11.1 Å². The Balaban J connectivity index is 1.30. The molecule has 0 fully saturated rings. The Labute approximate surface area is 179 Å². The molecular weight excluding hydrogens is 398 g/mol. The molecule has 1 aliphatic rings. The molecule has 0 saturated heterocycles. The first-order chi connectivity index (χ1) is 15.0. The van der Waals surface area contributed by atoms with Crippen molar-refractivity contribution in [2.45, 2.75) is 12.3 Å². The van der Waals surface area contributed by atoms with Gasteiger partial charge >= 0.3 is 6.09 Å². The van der Waals surface area contributed by atoms with Gasteiger partial charge in [0.05, 0.1) is 11.3 Å². The number of hydrogen-bond acceptors (Lipinski definition) is 3. The third-order valence-corrected chi connectivity index (χ3v) is 5.16. The van der Waals surface area contributed by atoms with Crippen LogP contribution in [-0.4, -0.2) is 19.2 Å². The number of carbonyl (C=O) groups excluding carboxylic acids is 1. The zero-order valence-corrected chi connectivity index (χ0v) is 16.6. The van der Waals surface area contributed by atoms with Crippen molar-refractivity contribution in [2.75, 3.05) is 18.9 Å². The smallest absolute Gasteiger partial charge is 0.407 e. The Morgan fingerprint density at radius 1 is 1.03 bits per heavy atom. The Hall–Kier alpha value is -3.85. The summed E-state index contributed by atoms with van der Waals surface area (Å²) in [6, 6.07) is 18.0. The molecule has 4 rings (SSSR count). The van der Waals surface area contributed by atoms with E-state index in [-0.39, 0.29) is 36.7 Å². The third-order valence-electron chi connectivity index (χ3n) is 5.16. The molecule has 0 bridgehead atoms. The third kappa shape index (κ3) is 4.36. The highest BCUT2D eigenvalue weighted by atomic mass is 19.1. The lowest BCUT2D eigenvalue weighted by molar-refractivity contribution is 0.143. The fourth-order valence-corrected chi connectivity index (χ4v) is 3.75. The highest BCUT2D eigenvalue weighted by molar-refractivity contribution is 5.79. The summed E-state index contributed by atoms with van der Waals surface area (Å²) in [5.74, 6) is 3.72. The summed E-state index contributed by atoms with van der Waals surface area (Å²) in [5, 5.41) is 2.63. The fraction of sp³-hybridized carbons (Fsp3) is 0.160. The van der Waals surface area contributed by atoms with Crippen LogP contribution in [0.1, 0.15) is 29.0 Å². The topological polar surface area (TPSA) is 64.3 Å². The van der Waals surface area contributed by atoms with Gasteiger partial charge in [-0.05, 0) is 28.3 Å². The van der Waals surface area contributed by atoms with Crippen LogP contribution in [0, 0.1) is 23.5 Å². The van der Waals surface area contributed by atoms with E-state index in [4.69, 9.17) is 10.5 Å². The number of carbonyl (C=O) groups is 1. The number of anilines is 1. The molecule has 0 spiro atoms. The predicted octanol–water partition coefficient (Wildman–Crippen LogP) is 4.83. The van der Waals surface area contributed by atoms with E-state index in [0.29, 0.717) is 0 Å². The highest BCUT2D eigenvalue weighted by Gasteiger charge is 2.28. The Morgan fingerprint density at radius 3 is 2.32 bits per heavy atom. The van der Waals surface area contributed by atoms with Gasteiger partial charge in [0.15, 0.2) is 0 Å². The van der Waals surface area contributed by atoms with Crippen molar-refractivity contribution in [1.82, 2.24) is 5.32 Å². The molecule has 31 heavy (non-hydrogen) atoms. The van der Waals surface area contributed by atoms with Gasteiger partial charge in [0, 0.05) is 24.9 Å². The minimum absolute atomic E-state index is 0.0117. The standard InChI is InChI=1S/C25H20F2N2O2/c26-16-13-23(27)21(24(28)14-16)11-5-6-12-29-25(30)31-15-22-19-9-3-1-7-17(19)18-8-2-4-10-20(18)22/h1-4,7-10,13-14,22H,6,12,15,28H2,(H,29,30). The maximum Gasteiger partial charge on any atom is 0.407 e. The van der Waals surface area contributed by atoms with Crippen LogP contribution in [0.5, 0.6) is 0 Å². The second-order valence-corrected chi connectivity index (χ2v) is 7.16. The van der Waals surface area contributed by atoms with Crippen molar-refractivity contribution in [1.29, 1.82) is 0 Å². The molecular formula is C25H20F2N2O2. The number of hydrogen-bond donors (Lipinski definition) is 2.